The van der Waals surface area contributed by atoms with Crippen LogP contribution in [-0.2, 0) is 6.54 Å². The van der Waals surface area contributed by atoms with Crippen LogP contribution in [0, 0.1) is 5.82 Å². The second kappa shape index (κ2) is 11.1. The molecule has 7 nitrogen and oxygen atoms in total. The maximum Gasteiger partial charge on any atom is 0.227 e. The van der Waals surface area contributed by atoms with Gasteiger partial charge in [-0.2, -0.15) is 4.98 Å². The number of hydrogen-bond acceptors (Lipinski definition) is 7. The Balaban J connectivity index is 1.11. The molecular formula is C30H27ClFN7. The second-order valence-corrected chi connectivity index (χ2v) is 9.79. The van der Waals surface area contributed by atoms with Crippen LogP contribution < -0.4 is 20.4 Å². The quantitative estimate of drug-likeness (QED) is 0.245. The van der Waals surface area contributed by atoms with E-state index in [4.69, 9.17) is 16.6 Å². The maximum absolute atomic E-state index is 14.7. The van der Waals surface area contributed by atoms with Crippen molar-refractivity contribution in [1.29, 1.82) is 0 Å². The van der Waals surface area contributed by atoms with Crippen molar-refractivity contribution in [2.24, 2.45) is 0 Å². The fourth-order valence-electron chi connectivity index (χ4n) is 4.76. The van der Waals surface area contributed by atoms with E-state index in [1.54, 1.807) is 30.6 Å². The predicted molar refractivity (Wildman–Crippen MR) is 157 cm³/mol. The summed E-state index contributed by atoms with van der Waals surface area (Å²) in [4.78, 5) is 18.1. The van der Waals surface area contributed by atoms with Crippen molar-refractivity contribution in [2.45, 2.75) is 6.54 Å². The van der Waals surface area contributed by atoms with E-state index < -0.39 is 0 Å². The van der Waals surface area contributed by atoms with E-state index in [0.717, 1.165) is 48.5 Å². The van der Waals surface area contributed by atoms with Gasteiger partial charge in [-0.15, -0.1) is 0 Å². The highest BCUT2D eigenvalue weighted by Gasteiger charge is 2.19. The summed E-state index contributed by atoms with van der Waals surface area (Å²) >= 11 is 6.11. The molecule has 0 unspecified atom stereocenters. The molecule has 9 heteroatoms. The Morgan fingerprint density at radius 3 is 2.46 bits per heavy atom. The van der Waals surface area contributed by atoms with Crippen LogP contribution in [-0.4, -0.2) is 41.1 Å². The van der Waals surface area contributed by atoms with Gasteiger partial charge >= 0.3 is 0 Å². The average molecular weight is 540 g/mol. The minimum atomic E-state index is -0.286. The number of benzene rings is 3. The Bertz CT molecular complexity index is 1590. The molecule has 0 bridgehead atoms. The minimum Gasteiger partial charge on any atom is -0.368 e. The van der Waals surface area contributed by atoms with Gasteiger partial charge in [0.25, 0.3) is 0 Å². The van der Waals surface area contributed by atoms with Crippen LogP contribution in [0.5, 0.6) is 0 Å². The number of rotatable bonds is 7. The molecular weight excluding hydrogens is 513 g/mol. The summed E-state index contributed by atoms with van der Waals surface area (Å²) in [6.07, 6.45) is 3.46. The highest BCUT2D eigenvalue weighted by molar-refractivity contribution is 6.31. The average Bonchev–Trinajstić information content (AvgIpc) is 2.98. The number of nitrogens with one attached hydrogen (secondary N) is 2. The molecule has 0 saturated carbocycles. The summed E-state index contributed by atoms with van der Waals surface area (Å²) in [6, 6.07) is 24.7. The number of pyridine rings is 1. The third-order valence-electron chi connectivity index (χ3n) is 6.82. The molecule has 1 fully saturated rings. The number of piperazine rings is 1. The van der Waals surface area contributed by atoms with Crippen molar-refractivity contribution in [3.05, 3.63) is 108 Å². The number of para-hydroxylation sites is 1. The lowest BCUT2D eigenvalue weighted by atomic mass is 10.1. The molecule has 1 aliphatic rings. The number of hydrogen-bond donors (Lipinski definition) is 2. The molecule has 196 valence electrons. The number of fused-ring (bicyclic) bond motifs is 1. The van der Waals surface area contributed by atoms with Crippen LogP contribution in [0.15, 0.2) is 91.3 Å². The lowest BCUT2D eigenvalue weighted by Gasteiger charge is -2.36. The molecule has 39 heavy (non-hydrogen) atoms. The Kier molecular flexibility index (Phi) is 7.10. The highest BCUT2D eigenvalue weighted by atomic mass is 35.5. The third kappa shape index (κ3) is 5.71. The lowest BCUT2D eigenvalue weighted by Crippen LogP contribution is -2.47. The molecule has 0 aliphatic carbocycles. The number of nitrogens with zero attached hydrogens (tertiary/aromatic N) is 5. The Hall–Kier alpha value is -4.43. The normalized spacial score (nSPS) is 13.5. The zero-order valence-corrected chi connectivity index (χ0v) is 21.9. The predicted octanol–water partition coefficient (Wildman–Crippen LogP) is 6.50. The first kappa shape index (κ1) is 24.9. The Morgan fingerprint density at radius 1 is 0.821 bits per heavy atom. The standard InChI is InChI=1S/C30H27ClFN7/c31-22-6-8-25-27(10-12-33-28(25)19-22)36-23-7-9-26(32)21(18-23)20-35-29-11-13-34-30(37-29)39-16-14-38(15-17-39)24-4-2-1-3-5-24/h1-13,18-19H,14-17,20H2,(H,33,36)(H,34,35,37). The SMILES string of the molecule is Fc1ccc(Nc2ccnc3cc(Cl)ccc23)cc1CNc1ccnc(N2CCN(c3ccccc3)CC2)n1. The van der Waals surface area contributed by atoms with E-state index >= 15 is 0 Å². The summed E-state index contributed by atoms with van der Waals surface area (Å²) in [7, 11) is 0. The second-order valence-electron chi connectivity index (χ2n) is 9.36. The first-order valence-electron chi connectivity index (χ1n) is 12.8. The van der Waals surface area contributed by atoms with Crippen LogP contribution in [0.4, 0.5) is 33.2 Å². The summed E-state index contributed by atoms with van der Waals surface area (Å²) in [5.41, 5.74) is 4.19. The van der Waals surface area contributed by atoms with Crippen molar-refractivity contribution in [3.63, 3.8) is 0 Å². The van der Waals surface area contributed by atoms with Crippen molar-refractivity contribution in [2.75, 3.05) is 46.6 Å². The molecule has 6 rings (SSSR count). The van der Waals surface area contributed by atoms with Gasteiger partial charge in [0.15, 0.2) is 0 Å². The van der Waals surface area contributed by atoms with Crippen LogP contribution in [0.3, 0.4) is 0 Å². The molecule has 1 saturated heterocycles. The van der Waals surface area contributed by atoms with Crippen molar-refractivity contribution >= 4 is 51.3 Å². The lowest BCUT2D eigenvalue weighted by molar-refractivity contribution is 0.613. The van der Waals surface area contributed by atoms with E-state index in [1.807, 2.05) is 30.3 Å². The van der Waals surface area contributed by atoms with E-state index in [1.165, 1.54) is 11.8 Å². The van der Waals surface area contributed by atoms with Gasteiger partial charge in [0.05, 0.1) is 5.52 Å². The molecule has 0 spiro atoms. The summed E-state index contributed by atoms with van der Waals surface area (Å²) in [5, 5.41) is 8.21. The van der Waals surface area contributed by atoms with Crippen LogP contribution in [0.2, 0.25) is 5.02 Å². The van der Waals surface area contributed by atoms with Gasteiger partial charge in [0.2, 0.25) is 5.95 Å². The summed E-state index contributed by atoms with van der Waals surface area (Å²) in [6.45, 7) is 3.74. The van der Waals surface area contributed by atoms with E-state index in [9.17, 15) is 4.39 Å². The first-order valence-corrected chi connectivity index (χ1v) is 13.2. The Labute approximate surface area is 231 Å². The first-order chi connectivity index (χ1) is 19.1. The Morgan fingerprint density at radius 2 is 1.62 bits per heavy atom. The zero-order chi connectivity index (χ0) is 26.6. The van der Waals surface area contributed by atoms with Gasteiger partial charge in [0.1, 0.15) is 11.6 Å². The van der Waals surface area contributed by atoms with E-state index in [2.05, 4.69) is 54.7 Å². The van der Waals surface area contributed by atoms with Gasteiger partial charge in [-0.1, -0.05) is 29.8 Å². The van der Waals surface area contributed by atoms with Gasteiger partial charge in [-0.05, 0) is 60.7 Å². The minimum absolute atomic E-state index is 0.284. The largest absolute Gasteiger partial charge is 0.368 e. The van der Waals surface area contributed by atoms with Crippen molar-refractivity contribution < 1.29 is 4.39 Å². The summed E-state index contributed by atoms with van der Waals surface area (Å²) < 4.78 is 14.7. The van der Waals surface area contributed by atoms with Gasteiger partial charge < -0.3 is 20.4 Å². The monoisotopic (exact) mass is 539 g/mol. The van der Waals surface area contributed by atoms with Crippen LogP contribution in [0.25, 0.3) is 10.9 Å². The smallest absolute Gasteiger partial charge is 0.227 e. The fraction of sp³-hybridized carbons (Fsp3) is 0.167. The molecule has 1 aliphatic heterocycles. The third-order valence-corrected chi connectivity index (χ3v) is 7.05. The van der Waals surface area contributed by atoms with Gasteiger partial charge in [0, 0.05) is 78.2 Å². The number of halogens is 2. The maximum atomic E-state index is 14.7. The van der Waals surface area contributed by atoms with Crippen LogP contribution in [0.1, 0.15) is 5.56 Å². The topological polar surface area (TPSA) is 69.2 Å². The molecule has 3 heterocycles. The zero-order valence-electron chi connectivity index (χ0n) is 21.2. The fourth-order valence-corrected chi connectivity index (χ4v) is 4.93. The van der Waals surface area contributed by atoms with Gasteiger partial charge in [-0.3, -0.25) is 4.98 Å². The van der Waals surface area contributed by atoms with Crippen molar-refractivity contribution in [3.8, 4) is 0 Å². The molecule has 0 atom stereocenters. The number of aromatic nitrogens is 3. The molecule has 0 amide bonds. The van der Waals surface area contributed by atoms with Crippen LogP contribution >= 0.6 is 11.6 Å². The summed E-state index contributed by atoms with van der Waals surface area (Å²) in [5.74, 6) is 1.04. The highest BCUT2D eigenvalue weighted by Crippen LogP contribution is 2.28. The molecule has 2 N–H and O–H groups in total. The number of anilines is 5. The van der Waals surface area contributed by atoms with E-state index in [-0.39, 0.29) is 12.4 Å². The molecule has 0 radical (unpaired) electrons. The molecule has 5 aromatic rings. The molecule has 3 aromatic carbocycles. The van der Waals surface area contributed by atoms with Gasteiger partial charge in [-0.25, -0.2) is 9.37 Å². The molecule has 2 aromatic heterocycles. The van der Waals surface area contributed by atoms with Crippen molar-refractivity contribution in [1.82, 2.24) is 15.0 Å². The van der Waals surface area contributed by atoms with E-state index in [0.29, 0.717) is 22.4 Å².